The fourth-order valence-electron chi connectivity index (χ4n) is 3.81. The molecular formula is C20H22N4O2S. The number of aromatic nitrogens is 2. The van der Waals surface area contributed by atoms with Gasteiger partial charge in [-0.1, -0.05) is 11.2 Å². The van der Waals surface area contributed by atoms with Crippen LogP contribution < -0.4 is 10.6 Å². The minimum Gasteiger partial charge on any atom is -0.347 e. The minimum absolute atomic E-state index is 0.0731. The number of carbonyl (C=O) groups excluding carboxylic acids is 1. The molecule has 6 nitrogen and oxygen atoms in total. The highest BCUT2D eigenvalue weighted by Gasteiger charge is 2.31. The summed E-state index contributed by atoms with van der Waals surface area (Å²) in [6, 6.07) is 5.99. The van der Waals surface area contributed by atoms with E-state index in [1.165, 1.54) is 0 Å². The Kier molecular flexibility index (Phi) is 4.41. The Morgan fingerprint density at radius 3 is 2.85 bits per heavy atom. The third-order valence-corrected chi connectivity index (χ3v) is 6.34. The van der Waals surface area contributed by atoms with Gasteiger partial charge in [0.1, 0.15) is 0 Å². The molecule has 27 heavy (non-hydrogen) atoms. The maximum absolute atomic E-state index is 13.1. The average Bonchev–Trinajstić information content (AvgIpc) is 3.26. The predicted molar refractivity (Wildman–Crippen MR) is 104 cm³/mol. The van der Waals surface area contributed by atoms with Crippen molar-refractivity contribution in [3.63, 3.8) is 0 Å². The smallest absolute Gasteiger partial charge is 0.259 e. The van der Waals surface area contributed by atoms with Gasteiger partial charge in [0, 0.05) is 22.4 Å². The van der Waals surface area contributed by atoms with E-state index in [9.17, 15) is 4.79 Å². The van der Waals surface area contributed by atoms with Crippen LogP contribution in [0.25, 0.3) is 11.1 Å². The molecule has 0 unspecified atom stereocenters. The number of nitrogens with one attached hydrogen (secondary N) is 2. The van der Waals surface area contributed by atoms with Crippen LogP contribution in [-0.2, 0) is 6.54 Å². The first-order chi connectivity index (χ1) is 13.3. The first kappa shape index (κ1) is 16.9. The number of fused-ring (bicyclic) bond motifs is 1. The topological polar surface area (TPSA) is 80.1 Å². The Bertz CT molecular complexity index is 956. The third-order valence-electron chi connectivity index (χ3n) is 5.46. The Morgan fingerprint density at radius 2 is 2.11 bits per heavy atom. The van der Waals surface area contributed by atoms with Crippen molar-refractivity contribution in [1.82, 2.24) is 20.8 Å². The monoisotopic (exact) mass is 382 g/mol. The molecule has 3 aromatic rings. The molecule has 1 aliphatic heterocycles. The molecule has 7 heteroatoms. The predicted octanol–water partition coefficient (Wildman–Crippen LogP) is 3.56. The molecule has 0 bridgehead atoms. The zero-order valence-electron chi connectivity index (χ0n) is 15.0. The van der Waals surface area contributed by atoms with Gasteiger partial charge in [-0.2, -0.15) is 0 Å². The lowest BCUT2D eigenvalue weighted by Crippen LogP contribution is -2.27. The first-order valence-corrected chi connectivity index (χ1v) is 10.5. The number of hydrogen-bond donors (Lipinski definition) is 2. The van der Waals surface area contributed by atoms with Crippen molar-refractivity contribution >= 4 is 28.3 Å². The Hall–Kier alpha value is -2.25. The second-order valence-corrected chi connectivity index (χ2v) is 8.44. The molecule has 2 N–H and O–H groups in total. The van der Waals surface area contributed by atoms with Crippen molar-refractivity contribution in [3.8, 4) is 0 Å². The van der Waals surface area contributed by atoms with Gasteiger partial charge in [-0.15, -0.1) is 11.3 Å². The van der Waals surface area contributed by atoms with Crippen molar-refractivity contribution in [2.24, 2.45) is 0 Å². The molecule has 5 rings (SSSR count). The van der Waals surface area contributed by atoms with Gasteiger partial charge in [0.25, 0.3) is 11.6 Å². The van der Waals surface area contributed by atoms with Crippen LogP contribution in [0.1, 0.15) is 64.1 Å². The molecule has 0 radical (unpaired) electrons. The van der Waals surface area contributed by atoms with Crippen molar-refractivity contribution in [3.05, 3.63) is 45.4 Å². The third kappa shape index (κ3) is 3.37. The summed E-state index contributed by atoms with van der Waals surface area (Å²) >= 11 is 1.64. The Balaban J connectivity index is 1.52. The van der Waals surface area contributed by atoms with Gasteiger partial charge in [0.15, 0.2) is 0 Å². The number of nitrogens with zero attached hydrogens (tertiary/aromatic N) is 2. The molecule has 140 valence electrons. The molecule has 1 aliphatic carbocycles. The van der Waals surface area contributed by atoms with Crippen LogP contribution in [0.5, 0.6) is 0 Å². The van der Waals surface area contributed by atoms with Crippen LogP contribution in [0.3, 0.4) is 0 Å². The van der Waals surface area contributed by atoms with E-state index in [2.05, 4.69) is 20.8 Å². The number of pyridine rings is 1. The number of thiophene rings is 1. The van der Waals surface area contributed by atoms with Crippen molar-refractivity contribution in [2.75, 3.05) is 13.1 Å². The maximum Gasteiger partial charge on any atom is 0.259 e. The summed E-state index contributed by atoms with van der Waals surface area (Å²) in [5, 5.41) is 13.6. The second kappa shape index (κ2) is 7.05. The molecule has 1 amide bonds. The van der Waals surface area contributed by atoms with Crippen LogP contribution in [0, 0.1) is 0 Å². The molecule has 2 fully saturated rings. The minimum atomic E-state index is -0.0731. The molecule has 0 spiro atoms. The number of amides is 1. The van der Waals surface area contributed by atoms with E-state index in [1.807, 2.05) is 23.6 Å². The zero-order chi connectivity index (χ0) is 18.2. The van der Waals surface area contributed by atoms with Gasteiger partial charge in [0.05, 0.1) is 23.2 Å². The lowest BCUT2D eigenvalue weighted by atomic mass is 9.91. The summed E-state index contributed by atoms with van der Waals surface area (Å²) in [5.41, 5.74) is 3.02. The van der Waals surface area contributed by atoms with E-state index >= 15 is 0 Å². The Morgan fingerprint density at radius 1 is 1.26 bits per heavy atom. The average molecular weight is 382 g/mol. The highest BCUT2D eigenvalue weighted by atomic mass is 32.1. The van der Waals surface area contributed by atoms with E-state index in [-0.39, 0.29) is 5.91 Å². The van der Waals surface area contributed by atoms with Crippen LogP contribution in [0.15, 0.2) is 28.1 Å². The van der Waals surface area contributed by atoms with E-state index < -0.39 is 0 Å². The van der Waals surface area contributed by atoms with Crippen molar-refractivity contribution in [2.45, 2.75) is 44.1 Å². The molecule has 2 aliphatic rings. The van der Waals surface area contributed by atoms with Gasteiger partial charge < -0.3 is 15.2 Å². The highest BCUT2D eigenvalue weighted by molar-refractivity contribution is 7.09. The fourth-order valence-corrected chi connectivity index (χ4v) is 4.45. The molecule has 1 saturated carbocycles. The molecule has 4 heterocycles. The van der Waals surface area contributed by atoms with E-state index in [0.717, 1.165) is 60.4 Å². The van der Waals surface area contributed by atoms with Crippen LogP contribution in [0.4, 0.5) is 0 Å². The summed E-state index contributed by atoms with van der Waals surface area (Å²) in [5.74, 6) is 0.687. The van der Waals surface area contributed by atoms with Crippen molar-refractivity contribution in [1.29, 1.82) is 0 Å². The van der Waals surface area contributed by atoms with Crippen LogP contribution in [0.2, 0.25) is 0 Å². The highest BCUT2D eigenvalue weighted by Crippen LogP contribution is 2.41. The molecular weight excluding hydrogens is 360 g/mol. The first-order valence-electron chi connectivity index (χ1n) is 9.61. The Labute approximate surface area is 161 Å². The van der Waals surface area contributed by atoms with Gasteiger partial charge in [-0.05, 0) is 56.3 Å². The number of carbonyl (C=O) groups is 1. The fraction of sp³-hybridized carbons (Fsp3) is 0.450. The van der Waals surface area contributed by atoms with Gasteiger partial charge >= 0.3 is 0 Å². The SMILES string of the molecule is O=C(NCc1cccs1)c1cc(C2CC2)nc2onc(C3CCNCC3)c12. The summed E-state index contributed by atoms with van der Waals surface area (Å²) in [6.07, 6.45) is 4.26. The van der Waals surface area contributed by atoms with E-state index in [1.54, 1.807) is 11.3 Å². The maximum atomic E-state index is 13.1. The lowest BCUT2D eigenvalue weighted by molar-refractivity contribution is 0.0952. The summed E-state index contributed by atoms with van der Waals surface area (Å²) in [4.78, 5) is 18.9. The largest absolute Gasteiger partial charge is 0.347 e. The number of piperidine rings is 1. The van der Waals surface area contributed by atoms with Crippen molar-refractivity contribution < 1.29 is 9.32 Å². The van der Waals surface area contributed by atoms with Gasteiger partial charge in [-0.3, -0.25) is 4.79 Å². The van der Waals surface area contributed by atoms with Gasteiger partial charge in [-0.25, -0.2) is 4.98 Å². The zero-order valence-corrected chi connectivity index (χ0v) is 15.8. The second-order valence-electron chi connectivity index (χ2n) is 7.40. The molecule has 0 atom stereocenters. The standard InChI is InChI=1S/C20H22N4O2S/c25-19(22-11-14-2-1-9-27-14)15-10-16(12-3-4-12)23-20-17(15)18(24-26-20)13-5-7-21-8-6-13/h1-2,9-10,12-13,21H,3-8,11H2,(H,22,25). The number of rotatable bonds is 5. The van der Waals surface area contributed by atoms with E-state index in [0.29, 0.717) is 29.7 Å². The number of hydrogen-bond acceptors (Lipinski definition) is 6. The summed E-state index contributed by atoms with van der Waals surface area (Å²) in [7, 11) is 0. The quantitative estimate of drug-likeness (QED) is 0.705. The molecule has 3 aromatic heterocycles. The molecule has 1 saturated heterocycles. The lowest BCUT2D eigenvalue weighted by Gasteiger charge is -2.21. The van der Waals surface area contributed by atoms with Crippen LogP contribution in [-0.4, -0.2) is 29.1 Å². The normalized spacial score (nSPS) is 18.1. The molecule has 0 aromatic carbocycles. The summed E-state index contributed by atoms with van der Waals surface area (Å²) in [6.45, 7) is 2.46. The summed E-state index contributed by atoms with van der Waals surface area (Å²) < 4.78 is 5.60. The van der Waals surface area contributed by atoms with Gasteiger partial charge in [0.2, 0.25) is 0 Å². The van der Waals surface area contributed by atoms with Crippen LogP contribution >= 0.6 is 11.3 Å². The van der Waals surface area contributed by atoms with E-state index in [4.69, 9.17) is 4.52 Å².